The lowest BCUT2D eigenvalue weighted by atomic mass is 9.92. The van der Waals surface area contributed by atoms with E-state index in [2.05, 4.69) is 0 Å². The Labute approximate surface area is 89.3 Å². The number of nitrogens with zero attached hydrogens (tertiary/aromatic N) is 2. The van der Waals surface area contributed by atoms with Crippen molar-refractivity contribution in [1.82, 2.24) is 4.90 Å². The number of rotatable bonds is 4. The van der Waals surface area contributed by atoms with Crippen molar-refractivity contribution in [3.8, 4) is 6.07 Å². The highest BCUT2D eigenvalue weighted by Gasteiger charge is 2.38. The lowest BCUT2D eigenvalue weighted by Gasteiger charge is -2.26. The van der Waals surface area contributed by atoms with Crippen LogP contribution in [0, 0.1) is 22.7 Å². The van der Waals surface area contributed by atoms with E-state index in [4.69, 9.17) is 10.4 Å². The molecule has 0 fully saturated rings. The van der Waals surface area contributed by atoms with E-state index in [-0.39, 0.29) is 12.5 Å². The molecule has 0 saturated heterocycles. The molecule has 0 aromatic heterocycles. The molecule has 0 aliphatic rings. The summed E-state index contributed by atoms with van der Waals surface area (Å²) in [6.45, 7) is 4.63. The summed E-state index contributed by atoms with van der Waals surface area (Å²) in [7, 11) is 1.50. The Kier molecular flexibility index (Phi) is 4.28. The summed E-state index contributed by atoms with van der Waals surface area (Å²) in [6, 6.07) is 1.99. The van der Waals surface area contributed by atoms with Crippen molar-refractivity contribution in [2.75, 3.05) is 13.6 Å². The van der Waals surface area contributed by atoms with Crippen molar-refractivity contribution < 1.29 is 14.7 Å². The van der Waals surface area contributed by atoms with Gasteiger partial charge in [-0.05, 0) is 20.8 Å². The van der Waals surface area contributed by atoms with Crippen LogP contribution < -0.4 is 0 Å². The summed E-state index contributed by atoms with van der Waals surface area (Å²) in [5.41, 5.74) is -1.44. The molecule has 5 heteroatoms. The molecule has 1 N–H and O–H groups in total. The van der Waals surface area contributed by atoms with Crippen LogP contribution in [0.5, 0.6) is 0 Å². The van der Waals surface area contributed by atoms with Gasteiger partial charge in [0.2, 0.25) is 5.91 Å². The number of carbonyl (C=O) groups is 2. The molecule has 1 amide bonds. The molecular formula is C10H16N2O3. The summed E-state index contributed by atoms with van der Waals surface area (Å²) in [4.78, 5) is 23.8. The van der Waals surface area contributed by atoms with Crippen LogP contribution in [0.1, 0.15) is 20.8 Å². The Morgan fingerprint density at radius 1 is 1.53 bits per heavy atom. The SMILES string of the molecule is CC(C#N)CN(C)C(=O)C(C)(C)C(=O)O. The first kappa shape index (κ1) is 13.4. The maximum absolute atomic E-state index is 11.7. The van der Waals surface area contributed by atoms with Gasteiger partial charge >= 0.3 is 5.97 Å². The monoisotopic (exact) mass is 212 g/mol. The highest BCUT2D eigenvalue weighted by molar-refractivity contribution is 6.00. The van der Waals surface area contributed by atoms with Gasteiger partial charge in [0.25, 0.3) is 0 Å². The molecule has 1 unspecified atom stereocenters. The van der Waals surface area contributed by atoms with Crippen LogP contribution >= 0.6 is 0 Å². The quantitative estimate of drug-likeness (QED) is 0.696. The van der Waals surface area contributed by atoms with Crippen LogP contribution in [0.15, 0.2) is 0 Å². The van der Waals surface area contributed by atoms with Gasteiger partial charge in [0, 0.05) is 13.6 Å². The predicted molar refractivity (Wildman–Crippen MR) is 53.8 cm³/mol. The molecule has 1 atom stereocenters. The van der Waals surface area contributed by atoms with E-state index in [1.807, 2.05) is 6.07 Å². The minimum atomic E-state index is -1.44. The van der Waals surface area contributed by atoms with Gasteiger partial charge in [-0.1, -0.05) is 0 Å². The van der Waals surface area contributed by atoms with E-state index >= 15 is 0 Å². The van der Waals surface area contributed by atoms with E-state index in [1.54, 1.807) is 6.92 Å². The first-order valence-corrected chi connectivity index (χ1v) is 4.62. The predicted octanol–water partition coefficient (Wildman–Crippen LogP) is 0.715. The summed E-state index contributed by atoms with van der Waals surface area (Å²) in [6.07, 6.45) is 0. The summed E-state index contributed by atoms with van der Waals surface area (Å²) in [5.74, 6) is -1.95. The Morgan fingerprint density at radius 3 is 2.33 bits per heavy atom. The molecule has 5 nitrogen and oxygen atoms in total. The van der Waals surface area contributed by atoms with Crippen molar-refractivity contribution in [2.24, 2.45) is 11.3 Å². The first-order chi connectivity index (χ1) is 6.73. The molecular weight excluding hydrogens is 196 g/mol. The van der Waals surface area contributed by atoms with Crippen molar-refractivity contribution in [3.63, 3.8) is 0 Å². The molecule has 15 heavy (non-hydrogen) atoms. The molecule has 0 spiro atoms. The van der Waals surface area contributed by atoms with Crippen LogP contribution in [0.2, 0.25) is 0 Å². The number of hydrogen-bond donors (Lipinski definition) is 1. The maximum Gasteiger partial charge on any atom is 0.318 e. The third-order valence-corrected chi connectivity index (χ3v) is 2.18. The smallest absolute Gasteiger partial charge is 0.318 e. The Bertz CT molecular complexity index is 304. The number of carbonyl (C=O) groups excluding carboxylic acids is 1. The molecule has 0 aromatic rings. The number of nitriles is 1. The topological polar surface area (TPSA) is 81.4 Å². The average molecular weight is 212 g/mol. The largest absolute Gasteiger partial charge is 0.480 e. The van der Waals surface area contributed by atoms with Crippen LogP contribution in [-0.2, 0) is 9.59 Å². The zero-order chi connectivity index (χ0) is 12.2. The lowest BCUT2D eigenvalue weighted by Crippen LogP contribution is -2.44. The number of carboxylic acids is 1. The minimum Gasteiger partial charge on any atom is -0.480 e. The van der Waals surface area contributed by atoms with E-state index in [0.717, 1.165) is 0 Å². The molecule has 0 radical (unpaired) electrons. The average Bonchev–Trinajstić information content (AvgIpc) is 2.15. The van der Waals surface area contributed by atoms with Gasteiger partial charge in [-0.25, -0.2) is 0 Å². The lowest BCUT2D eigenvalue weighted by molar-refractivity contribution is -0.157. The van der Waals surface area contributed by atoms with Gasteiger partial charge in [-0.2, -0.15) is 5.26 Å². The molecule has 0 heterocycles. The second-order valence-corrected chi connectivity index (χ2v) is 4.15. The van der Waals surface area contributed by atoms with E-state index in [9.17, 15) is 9.59 Å². The van der Waals surface area contributed by atoms with Gasteiger partial charge < -0.3 is 10.0 Å². The van der Waals surface area contributed by atoms with E-state index in [1.165, 1.54) is 25.8 Å². The molecule has 0 aromatic carbocycles. The van der Waals surface area contributed by atoms with Crippen molar-refractivity contribution in [1.29, 1.82) is 5.26 Å². The number of hydrogen-bond acceptors (Lipinski definition) is 3. The summed E-state index contributed by atoms with van der Waals surface area (Å²) >= 11 is 0. The van der Waals surface area contributed by atoms with Gasteiger partial charge in [0.15, 0.2) is 0 Å². The zero-order valence-corrected chi connectivity index (χ0v) is 9.44. The van der Waals surface area contributed by atoms with Crippen LogP contribution in [0.3, 0.4) is 0 Å². The fourth-order valence-corrected chi connectivity index (χ4v) is 1.10. The van der Waals surface area contributed by atoms with Crippen LogP contribution in [0.4, 0.5) is 0 Å². The summed E-state index contributed by atoms with van der Waals surface area (Å²) in [5, 5.41) is 17.4. The van der Waals surface area contributed by atoms with Gasteiger partial charge in [-0.3, -0.25) is 9.59 Å². The van der Waals surface area contributed by atoms with Crippen molar-refractivity contribution >= 4 is 11.9 Å². The van der Waals surface area contributed by atoms with Crippen LogP contribution in [-0.4, -0.2) is 35.5 Å². The minimum absolute atomic E-state index is 0.242. The highest BCUT2D eigenvalue weighted by atomic mass is 16.4. The fourth-order valence-electron chi connectivity index (χ4n) is 1.10. The standard InChI is InChI=1S/C10H16N2O3/c1-7(5-11)6-12(4)8(13)10(2,3)9(14)15/h7H,6H2,1-4H3,(H,14,15). The molecule has 0 saturated carbocycles. The number of aliphatic carboxylic acids is 1. The first-order valence-electron chi connectivity index (χ1n) is 4.62. The molecule has 0 aliphatic carbocycles. The molecule has 84 valence electrons. The number of carboxylic acid groups (broad SMARTS) is 1. The normalized spacial score (nSPS) is 12.7. The summed E-state index contributed by atoms with van der Waals surface area (Å²) < 4.78 is 0. The van der Waals surface area contributed by atoms with Gasteiger partial charge in [0.05, 0.1) is 12.0 Å². The van der Waals surface area contributed by atoms with Crippen molar-refractivity contribution in [2.45, 2.75) is 20.8 Å². The highest BCUT2D eigenvalue weighted by Crippen LogP contribution is 2.18. The fraction of sp³-hybridized carbons (Fsp3) is 0.700. The Hall–Kier alpha value is -1.57. The Morgan fingerprint density at radius 2 is 2.00 bits per heavy atom. The second-order valence-electron chi connectivity index (χ2n) is 4.15. The third-order valence-electron chi connectivity index (χ3n) is 2.18. The van der Waals surface area contributed by atoms with Crippen molar-refractivity contribution in [3.05, 3.63) is 0 Å². The molecule has 0 rings (SSSR count). The van der Waals surface area contributed by atoms with Crippen LogP contribution in [0.25, 0.3) is 0 Å². The Balaban J connectivity index is 4.60. The van der Waals surface area contributed by atoms with Gasteiger partial charge in [0.1, 0.15) is 5.41 Å². The van der Waals surface area contributed by atoms with Gasteiger partial charge in [-0.15, -0.1) is 0 Å². The molecule has 0 aliphatic heterocycles. The number of amides is 1. The third kappa shape index (κ3) is 3.24. The van der Waals surface area contributed by atoms with E-state index in [0.29, 0.717) is 0 Å². The zero-order valence-electron chi connectivity index (χ0n) is 9.44. The maximum atomic E-state index is 11.7. The second kappa shape index (κ2) is 4.78. The van der Waals surface area contributed by atoms with E-state index < -0.39 is 17.3 Å². The molecule has 0 bridgehead atoms.